The summed E-state index contributed by atoms with van der Waals surface area (Å²) in [5.41, 5.74) is 0. The predicted molar refractivity (Wildman–Crippen MR) is 103 cm³/mol. The van der Waals surface area contributed by atoms with E-state index in [1.807, 2.05) is 32.9 Å². The van der Waals surface area contributed by atoms with E-state index in [4.69, 9.17) is 4.42 Å². The molecule has 0 bridgehead atoms. The van der Waals surface area contributed by atoms with Crippen molar-refractivity contribution < 1.29 is 9.21 Å². The van der Waals surface area contributed by atoms with Gasteiger partial charge in [0.2, 0.25) is 11.0 Å². The zero-order valence-corrected chi connectivity index (χ0v) is 16.3. The lowest BCUT2D eigenvalue weighted by Gasteiger charge is -2.14. The Labute approximate surface area is 159 Å². The lowest BCUT2D eigenvalue weighted by atomic mass is 10.4. The van der Waals surface area contributed by atoms with E-state index in [1.54, 1.807) is 23.2 Å². The van der Waals surface area contributed by atoms with Gasteiger partial charge in [-0.25, -0.2) is 4.68 Å². The summed E-state index contributed by atoms with van der Waals surface area (Å²) in [6.45, 7) is 6.41. The largest absolute Gasteiger partial charge is 0.467 e. The molecule has 138 valence electrons. The zero-order valence-electron chi connectivity index (χ0n) is 14.7. The molecule has 0 saturated heterocycles. The highest BCUT2D eigenvalue weighted by molar-refractivity contribution is 8.02. The molecule has 0 spiro atoms. The first kappa shape index (κ1) is 18.5. The number of carbonyl (C=O) groups excluding carboxylic acids is 1. The number of furan rings is 1. The van der Waals surface area contributed by atoms with E-state index in [1.165, 1.54) is 23.1 Å². The second-order valence-electron chi connectivity index (χ2n) is 5.81. The molecule has 8 nitrogen and oxygen atoms in total. The number of hydrogen-bond acceptors (Lipinski definition) is 8. The molecule has 3 heterocycles. The highest BCUT2D eigenvalue weighted by Crippen LogP contribution is 2.29. The van der Waals surface area contributed by atoms with Crippen LogP contribution >= 0.6 is 23.1 Å². The highest BCUT2D eigenvalue weighted by atomic mass is 32.2. The van der Waals surface area contributed by atoms with Crippen LogP contribution in [0.5, 0.6) is 0 Å². The number of carbonyl (C=O) groups is 1. The average molecular weight is 393 g/mol. The van der Waals surface area contributed by atoms with Crippen LogP contribution in [0, 0.1) is 0 Å². The minimum Gasteiger partial charge on any atom is -0.467 e. The Kier molecular flexibility index (Phi) is 5.94. The van der Waals surface area contributed by atoms with E-state index in [2.05, 4.69) is 25.9 Å². The zero-order chi connectivity index (χ0) is 18.5. The molecule has 10 heteroatoms. The number of rotatable bonds is 8. The number of aromatic nitrogens is 4. The van der Waals surface area contributed by atoms with Gasteiger partial charge in [-0.05, 0) is 32.9 Å². The summed E-state index contributed by atoms with van der Waals surface area (Å²) in [5.74, 6) is 1.41. The molecule has 2 N–H and O–H groups in total. The van der Waals surface area contributed by atoms with Gasteiger partial charge in [0.05, 0.1) is 24.3 Å². The molecule has 3 rings (SSSR count). The monoisotopic (exact) mass is 392 g/mol. The van der Waals surface area contributed by atoms with Gasteiger partial charge in [0.1, 0.15) is 11.6 Å². The molecule has 3 aromatic heterocycles. The summed E-state index contributed by atoms with van der Waals surface area (Å²) in [6.07, 6.45) is 3.30. The van der Waals surface area contributed by atoms with Crippen LogP contribution in [0.1, 0.15) is 32.6 Å². The summed E-state index contributed by atoms with van der Waals surface area (Å²) < 4.78 is 7.77. The van der Waals surface area contributed by atoms with E-state index < -0.39 is 0 Å². The Hall–Kier alpha value is -2.33. The molecule has 0 radical (unpaired) electrons. The Morgan fingerprint density at radius 1 is 1.35 bits per heavy atom. The third kappa shape index (κ3) is 4.64. The predicted octanol–water partition coefficient (Wildman–Crippen LogP) is 3.64. The summed E-state index contributed by atoms with van der Waals surface area (Å²) in [4.78, 5) is 12.4. The lowest BCUT2D eigenvalue weighted by Crippen LogP contribution is -2.24. The van der Waals surface area contributed by atoms with Crippen LogP contribution in [-0.2, 0) is 11.3 Å². The van der Waals surface area contributed by atoms with Gasteiger partial charge < -0.3 is 15.1 Å². The molecule has 0 unspecified atom stereocenters. The van der Waals surface area contributed by atoms with E-state index >= 15 is 0 Å². The fourth-order valence-electron chi connectivity index (χ4n) is 2.16. The molecule has 0 aliphatic rings. The van der Waals surface area contributed by atoms with E-state index in [0.29, 0.717) is 17.5 Å². The molecule has 1 amide bonds. The molecule has 3 aromatic rings. The van der Waals surface area contributed by atoms with Crippen molar-refractivity contribution in [1.82, 2.24) is 20.0 Å². The minimum absolute atomic E-state index is 0.0994. The van der Waals surface area contributed by atoms with Crippen molar-refractivity contribution in [2.45, 2.75) is 42.9 Å². The van der Waals surface area contributed by atoms with Crippen molar-refractivity contribution in [3.05, 3.63) is 36.4 Å². The quantitative estimate of drug-likeness (QED) is 0.565. The second kappa shape index (κ2) is 8.37. The minimum atomic E-state index is -0.309. The maximum absolute atomic E-state index is 12.4. The first-order chi connectivity index (χ1) is 12.5. The molecule has 1 atom stereocenters. The van der Waals surface area contributed by atoms with Gasteiger partial charge in [0, 0.05) is 12.1 Å². The van der Waals surface area contributed by atoms with Crippen molar-refractivity contribution in [2.75, 3.05) is 10.6 Å². The number of hydrogen-bond donors (Lipinski definition) is 2. The normalized spacial score (nSPS) is 12.3. The molecule has 0 aliphatic heterocycles. The first-order valence-electron chi connectivity index (χ1n) is 8.13. The van der Waals surface area contributed by atoms with Gasteiger partial charge in [0.25, 0.3) is 0 Å². The van der Waals surface area contributed by atoms with Gasteiger partial charge in [-0.1, -0.05) is 23.1 Å². The topological polar surface area (TPSA) is 97.9 Å². The van der Waals surface area contributed by atoms with Gasteiger partial charge in [0.15, 0.2) is 4.34 Å². The summed E-state index contributed by atoms with van der Waals surface area (Å²) in [5, 5.41) is 18.9. The number of anilines is 2. The second-order valence-corrected chi connectivity index (χ2v) is 8.38. The Balaban J connectivity index is 1.53. The molecule has 0 saturated carbocycles. The summed E-state index contributed by atoms with van der Waals surface area (Å²) in [7, 11) is 0. The average Bonchev–Trinajstić information content (AvgIpc) is 3.34. The van der Waals surface area contributed by atoms with Crippen molar-refractivity contribution in [2.24, 2.45) is 0 Å². The van der Waals surface area contributed by atoms with Crippen molar-refractivity contribution >= 4 is 40.0 Å². The fourth-order valence-corrected chi connectivity index (χ4v) is 4.05. The van der Waals surface area contributed by atoms with Crippen LogP contribution in [0.2, 0.25) is 0 Å². The van der Waals surface area contributed by atoms with Crippen LogP contribution in [0.15, 0.2) is 39.4 Å². The SMILES string of the molecule is CC(C)n1nccc1NC(=O)[C@@H](C)Sc1nnc(NCc2ccco2)s1. The standard InChI is InChI=1S/C16H20N6O2S2/c1-10(2)22-13(6-7-18-22)19-14(23)11(3)25-16-21-20-15(26-16)17-9-12-5-4-8-24-12/h4-8,10-11H,9H2,1-3H3,(H,17,20)(H,19,23)/t11-/m1/s1. The van der Waals surface area contributed by atoms with Crippen molar-refractivity contribution in [3.8, 4) is 0 Å². The highest BCUT2D eigenvalue weighted by Gasteiger charge is 2.19. The van der Waals surface area contributed by atoms with Gasteiger partial charge in [-0.2, -0.15) is 5.10 Å². The first-order valence-corrected chi connectivity index (χ1v) is 9.83. The lowest BCUT2D eigenvalue weighted by molar-refractivity contribution is -0.115. The maximum Gasteiger partial charge on any atom is 0.238 e. The third-order valence-electron chi connectivity index (χ3n) is 3.46. The molecule has 0 aliphatic carbocycles. The van der Waals surface area contributed by atoms with E-state index in [9.17, 15) is 4.79 Å². The van der Waals surface area contributed by atoms with Crippen LogP contribution in [-0.4, -0.2) is 31.1 Å². The van der Waals surface area contributed by atoms with Crippen LogP contribution in [0.4, 0.5) is 10.9 Å². The van der Waals surface area contributed by atoms with E-state index in [-0.39, 0.29) is 17.2 Å². The summed E-state index contributed by atoms with van der Waals surface area (Å²) >= 11 is 2.78. The van der Waals surface area contributed by atoms with Gasteiger partial charge in [-0.15, -0.1) is 10.2 Å². The molecule has 26 heavy (non-hydrogen) atoms. The van der Waals surface area contributed by atoms with Crippen LogP contribution in [0.25, 0.3) is 0 Å². The Morgan fingerprint density at radius 2 is 2.19 bits per heavy atom. The number of thioether (sulfide) groups is 1. The molecular formula is C16H20N6O2S2. The van der Waals surface area contributed by atoms with Crippen LogP contribution < -0.4 is 10.6 Å². The number of nitrogens with one attached hydrogen (secondary N) is 2. The fraction of sp³-hybridized carbons (Fsp3) is 0.375. The molecular weight excluding hydrogens is 372 g/mol. The van der Waals surface area contributed by atoms with Crippen LogP contribution in [0.3, 0.4) is 0 Å². The third-order valence-corrected chi connectivity index (χ3v) is 5.52. The van der Waals surface area contributed by atoms with Gasteiger partial charge >= 0.3 is 0 Å². The van der Waals surface area contributed by atoms with Gasteiger partial charge in [-0.3, -0.25) is 4.79 Å². The smallest absolute Gasteiger partial charge is 0.238 e. The molecule has 0 aromatic carbocycles. The summed E-state index contributed by atoms with van der Waals surface area (Å²) in [6, 6.07) is 5.69. The van der Waals surface area contributed by atoms with E-state index in [0.717, 1.165) is 10.1 Å². The Bertz CT molecular complexity index is 843. The maximum atomic E-state index is 12.4. The number of nitrogens with zero attached hydrogens (tertiary/aromatic N) is 4. The molecule has 0 fully saturated rings. The van der Waals surface area contributed by atoms with Crippen molar-refractivity contribution in [3.63, 3.8) is 0 Å². The van der Waals surface area contributed by atoms with Crippen molar-refractivity contribution in [1.29, 1.82) is 0 Å². The number of amides is 1. The Morgan fingerprint density at radius 3 is 2.92 bits per heavy atom.